The summed E-state index contributed by atoms with van der Waals surface area (Å²) >= 11 is 0. The molecule has 1 aromatic carbocycles. The van der Waals surface area contributed by atoms with Crippen LogP contribution in [-0.2, 0) is 0 Å². The molecule has 1 aromatic rings. The third kappa shape index (κ3) is 1.39. The normalized spacial score (nSPS) is 18.1. The number of rotatable bonds is 0. The molecule has 0 aromatic heterocycles. The highest BCUT2D eigenvalue weighted by Gasteiger charge is 2.12. The number of nitrogens with one attached hydrogen (secondary N) is 1. The molecule has 1 heterocycles. The lowest BCUT2D eigenvalue weighted by molar-refractivity contribution is 0.474. The predicted molar refractivity (Wildman–Crippen MR) is 54.9 cm³/mol. The van der Waals surface area contributed by atoms with Gasteiger partial charge in [-0.1, -0.05) is 11.6 Å². The molecule has 2 N–H and O–H groups in total. The van der Waals surface area contributed by atoms with Gasteiger partial charge in [0.2, 0.25) is 0 Å². The second kappa shape index (κ2) is 3.13. The molecule has 13 heavy (non-hydrogen) atoms. The van der Waals surface area contributed by atoms with Gasteiger partial charge in [0, 0.05) is 17.8 Å². The summed E-state index contributed by atoms with van der Waals surface area (Å²) in [6.07, 6.45) is 2.12. The number of aliphatic hydroxyl groups excluding tert-OH is 1. The van der Waals surface area contributed by atoms with Gasteiger partial charge in [0.05, 0.1) is 6.26 Å². The van der Waals surface area contributed by atoms with Crippen LogP contribution in [0.25, 0.3) is 5.57 Å². The molecule has 2 rings (SSSR count). The first-order chi connectivity index (χ1) is 6.31. The van der Waals surface area contributed by atoms with E-state index < -0.39 is 0 Å². The van der Waals surface area contributed by atoms with Crippen molar-refractivity contribution in [1.82, 2.24) is 0 Å². The third-order valence-corrected chi connectivity index (χ3v) is 2.39. The van der Waals surface area contributed by atoms with E-state index in [-0.39, 0.29) is 0 Å². The van der Waals surface area contributed by atoms with Crippen LogP contribution in [0.1, 0.15) is 17.5 Å². The Hall–Kier alpha value is -1.44. The number of hydrogen-bond acceptors (Lipinski definition) is 2. The van der Waals surface area contributed by atoms with Gasteiger partial charge in [-0.15, -0.1) is 0 Å². The van der Waals surface area contributed by atoms with Crippen molar-refractivity contribution >= 4 is 11.3 Å². The highest BCUT2D eigenvalue weighted by atomic mass is 16.2. The molecule has 2 nitrogen and oxygen atoms in total. The van der Waals surface area contributed by atoms with Crippen LogP contribution in [0.3, 0.4) is 0 Å². The zero-order chi connectivity index (χ0) is 9.26. The lowest BCUT2D eigenvalue weighted by Crippen LogP contribution is -2.11. The first-order valence-corrected chi connectivity index (χ1v) is 4.49. The van der Waals surface area contributed by atoms with E-state index >= 15 is 0 Å². The number of aliphatic hydroxyl groups is 1. The zero-order valence-corrected chi connectivity index (χ0v) is 7.67. The second-order valence-corrected chi connectivity index (χ2v) is 3.38. The fourth-order valence-corrected chi connectivity index (χ4v) is 1.68. The fourth-order valence-electron chi connectivity index (χ4n) is 1.68. The number of anilines is 1. The van der Waals surface area contributed by atoms with Gasteiger partial charge in [0.1, 0.15) is 0 Å². The highest BCUT2D eigenvalue weighted by Crippen LogP contribution is 2.30. The summed E-state index contributed by atoms with van der Waals surface area (Å²) in [4.78, 5) is 0. The Morgan fingerprint density at radius 1 is 1.46 bits per heavy atom. The Kier molecular flexibility index (Phi) is 1.97. The molecule has 0 saturated carbocycles. The Morgan fingerprint density at radius 2 is 2.31 bits per heavy atom. The third-order valence-electron chi connectivity index (χ3n) is 2.39. The van der Waals surface area contributed by atoms with Crippen molar-refractivity contribution < 1.29 is 5.11 Å². The topological polar surface area (TPSA) is 32.3 Å². The van der Waals surface area contributed by atoms with Gasteiger partial charge < -0.3 is 10.4 Å². The van der Waals surface area contributed by atoms with E-state index in [1.807, 2.05) is 0 Å². The Labute approximate surface area is 77.9 Å². The molecule has 0 saturated heterocycles. The molecule has 68 valence electrons. The van der Waals surface area contributed by atoms with Crippen molar-refractivity contribution in [2.24, 2.45) is 0 Å². The van der Waals surface area contributed by atoms with Crippen LogP contribution in [0.15, 0.2) is 24.5 Å². The van der Waals surface area contributed by atoms with Crippen LogP contribution in [0, 0.1) is 6.92 Å². The minimum absolute atomic E-state index is 0.896. The monoisotopic (exact) mass is 175 g/mol. The lowest BCUT2D eigenvalue weighted by atomic mass is 9.97. The first-order valence-electron chi connectivity index (χ1n) is 4.49. The van der Waals surface area contributed by atoms with Crippen molar-refractivity contribution in [2.45, 2.75) is 13.3 Å². The minimum atomic E-state index is 0.896. The zero-order valence-electron chi connectivity index (χ0n) is 7.67. The van der Waals surface area contributed by atoms with E-state index in [4.69, 9.17) is 5.11 Å². The molecule has 0 bridgehead atoms. The minimum Gasteiger partial charge on any atom is -0.515 e. The van der Waals surface area contributed by atoms with E-state index in [2.05, 4.69) is 30.4 Å². The van der Waals surface area contributed by atoms with Crippen LogP contribution in [0.4, 0.5) is 5.69 Å². The Bertz CT molecular complexity index is 355. The molecule has 0 amide bonds. The molecule has 0 atom stereocenters. The molecular formula is C11H13NO. The van der Waals surface area contributed by atoms with Crippen LogP contribution in [0.2, 0.25) is 0 Å². The predicted octanol–water partition coefficient (Wildman–Crippen LogP) is 2.71. The van der Waals surface area contributed by atoms with Gasteiger partial charge in [0.25, 0.3) is 0 Å². The fraction of sp³-hybridized carbons (Fsp3) is 0.273. The molecular weight excluding hydrogens is 162 g/mol. The van der Waals surface area contributed by atoms with Gasteiger partial charge in [-0.25, -0.2) is 0 Å². The Balaban J connectivity index is 2.54. The number of hydrogen-bond donors (Lipinski definition) is 2. The summed E-state index contributed by atoms with van der Waals surface area (Å²) in [5, 5.41) is 12.3. The van der Waals surface area contributed by atoms with Gasteiger partial charge in [-0.3, -0.25) is 0 Å². The summed E-state index contributed by atoms with van der Waals surface area (Å²) in [7, 11) is 0. The van der Waals surface area contributed by atoms with Gasteiger partial charge >= 0.3 is 0 Å². The maximum absolute atomic E-state index is 9.04. The summed E-state index contributed by atoms with van der Waals surface area (Å²) in [6.45, 7) is 2.96. The Morgan fingerprint density at radius 3 is 3.08 bits per heavy atom. The molecule has 0 aliphatic carbocycles. The number of fused-ring (bicyclic) bond motifs is 1. The van der Waals surface area contributed by atoms with Crippen LogP contribution in [-0.4, -0.2) is 11.7 Å². The molecule has 0 spiro atoms. The summed E-state index contributed by atoms with van der Waals surface area (Å²) in [5.74, 6) is 0. The molecule has 1 aliphatic rings. The summed E-state index contributed by atoms with van der Waals surface area (Å²) < 4.78 is 0. The average molecular weight is 175 g/mol. The first kappa shape index (κ1) is 8.17. The van der Waals surface area contributed by atoms with Crippen LogP contribution in [0.5, 0.6) is 0 Å². The van der Waals surface area contributed by atoms with E-state index in [0.717, 1.165) is 29.8 Å². The average Bonchev–Trinajstić information content (AvgIpc) is 2.17. The van der Waals surface area contributed by atoms with Crippen molar-refractivity contribution in [1.29, 1.82) is 0 Å². The standard InChI is InChI=1S/C11H13NO/c1-8-2-3-11-10(6-8)9(7-13)4-5-12-11/h2-3,6-7,12-13H,4-5H2,1H3/b9-7-. The summed E-state index contributed by atoms with van der Waals surface area (Å²) in [6, 6.07) is 6.24. The second-order valence-electron chi connectivity index (χ2n) is 3.38. The van der Waals surface area contributed by atoms with Crippen LogP contribution >= 0.6 is 0 Å². The van der Waals surface area contributed by atoms with Crippen LogP contribution < -0.4 is 5.32 Å². The molecule has 0 fully saturated rings. The molecule has 0 radical (unpaired) electrons. The maximum Gasteiger partial charge on any atom is 0.0831 e. The quantitative estimate of drug-likeness (QED) is 0.594. The van der Waals surface area contributed by atoms with Crippen molar-refractivity contribution in [2.75, 3.05) is 11.9 Å². The number of aryl methyl sites for hydroxylation is 1. The van der Waals surface area contributed by atoms with Gasteiger partial charge in [-0.05, 0) is 31.1 Å². The van der Waals surface area contributed by atoms with Gasteiger partial charge in [0.15, 0.2) is 0 Å². The summed E-state index contributed by atoms with van der Waals surface area (Å²) in [5.41, 5.74) is 4.50. The van der Waals surface area contributed by atoms with E-state index in [0.29, 0.717) is 0 Å². The van der Waals surface area contributed by atoms with Crippen molar-refractivity contribution in [3.05, 3.63) is 35.6 Å². The van der Waals surface area contributed by atoms with E-state index in [1.54, 1.807) is 0 Å². The molecule has 1 aliphatic heterocycles. The van der Waals surface area contributed by atoms with E-state index in [9.17, 15) is 0 Å². The van der Waals surface area contributed by atoms with E-state index in [1.165, 1.54) is 11.8 Å². The van der Waals surface area contributed by atoms with Crippen molar-refractivity contribution in [3.8, 4) is 0 Å². The smallest absolute Gasteiger partial charge is 0.0831 e. The maximum atomic E-state index is 9.04. The highest BCUT2D eigenvalue weighted by molar-refractivity contribution is 5.78. The largest absolute Gasteiger partial charge is 0.515 e. The lowest BCUT2D eigenvalue weighted by Gasteiger charge is -2.20. The number of benzene rings is 1. The van der Waals surface area contributed by atoms with Crippen molar-refractivity contribution in [3.63, 3.8) is 0 Å². The SMILES string of the molecule is Cc1ccc2c(c1)/C(=C\O)CCN2. The van der Waals surface area contributed by atoms with Gasteiger partial charge in [-0.2, -0.15) is 0 Å². The molecule has 0 unspecified atom stereocenters. The molecule has 2 heteroatoms.